The summed E-state index contributed by atoms with van der Waals surface area (Å²) in [5.41, 5.74) is 2.76. The van der Waals surface area contributed by atoms with E-state index in [4.69, 9.17) is 0 Å². The lowest BCUT2D eigenvalue weighted by molar-refractivity contribution is 0.625. The molecular formula is C13H16FN. The van der Waals surface area contributed by atoms with E-state index in [1.807, 2.05) is 6.07 Å². The number of hydrogen-bond acceptors (Lipinski definition) is 1. The molecule has 1 aliphatic heterocycles. The second-order valence-electron chi connectivity index (χ2n) is 5.14. The third-order valence-corrected chi connectivity index (χ3v) is 4.64. The van der Waals surface area contributed by atoms with Crippen LogP contribution >= 0.6 is 0 Å². The van der Waals surface area contributed by atoms with Crippen LogP contribution in [0.25, 0.3) is 0 Å². The van der Waals surface area contributed by atoms with Crippen LogP contribution in [0.2, 0.25) is 0 Å². The predicted molar refractivity (Wildman–Crippen MR) is 59.7 cm³/mol. The summed E-state index contributed by atoms with van der Waals surface area (Å²) in [4.78, 5) is 2.19. The molecule has 1 aromatic carbocycles. The Morgan fingerprint density at radius 2 is 2.00 bits per heavy atom. The molecule has 2 heteroatoms. The summed E-state index contributed by atoms with van der Waals surface area (Å²) in [6, 6.07) is 5.24. The Labute approximate surface area is 89.9 Å². The van der Waals surface area contributed by atoms with Gasteiger partial charge < -0.3 is 4.90 Å². The summed E-state index contributed by atoms with van der Waals surface area (Å²) in [6.45, 7) is 5.65. The summed E-state index contributed by atoms with van der Waals surface area (Å²) in [5.74, 6) is 1.33. The van der Waals surface area contributed by atoms with Crippen LogP contribution in [0.1, 0.15) is 19.4 Å². The molecule has 0 bridgehead atoms. The van der Waals surface area contributed by atoms with Crippen LogP contribution in [0, 0.1) is 17.7 Å². The van der Waals surface area contributed by atoms with Crippen LogP contribution in [0.3, 0.4) is 0 Å². The van der Waals surface area contributed by atoms with Gasteiger partial charge in [0, 0.05) is 24.7 Å². The molecule has 1 aromatic rings. The van der Waals surface area contributed by atoms with Gasteiger partial charge in [-0.3, -0.25) is 0 Å². The first-order valence-electron chi connectivity index (χ1n) is 5.58. The van der Waals surface area contributed by atoms with E-state index in [9.17, 15) is 4.39 Å². The number of rotatable bonds is 0. The van der Waals surface area contributed by atoms with Crippen LogP contribution in [0.4, 0.5) is 10.1 Å². The highest BCUT2D eigenvalue weighted by Gasteiger charge is 2.63. The van der Waals surface area contributed by atoms with E-state index in [1.54, 1.807) is 12.1 Å². The summed E-state index contributed by atoms with van der Waals surface area (Å²) in [6.07, 6.45) is 0. The standard InChI is InChI=1S/C13H16FN/c1-8-9(2)13(8)7-15(3)12-6-10(14)4-5-11(12)13/h4-6,8-9H,7H2,1-3H3. The number of halogens is 1. The number of benzene rings is 1. The van der Waals surface area contributed by atoms with Crippen LogP contribution in [0.15, 0.2) is 18.2 Å². The zero-order chi connectivity index (χ0) is 10.8. The van der Waals surface area contributed by atoms with Gasteiger partial charge in [0.25, 0.3) is 0 Å². The van der Waals surface area contributed by atoms with E-state index in [0.29, 0.717) is 5.41 Å². The Hall–Kier alpha value is -1.05. The van der Waals surface area contributed by atoms with Crippen molar-refractivity contribution >= 4 is 5.69 Å². The molecule has 2 atom stereocenters. The quantitative estimate of drug-likeness (QED) is 0.629. The number of hydrogen-bond donors (Lipinski definition) is 0. The van der Waals surface area contributed by atoms with Gasteiger partial charge in [-0.05, 0) is 29.5 Å². The second kappa shape index (κ2) is 2.55. The van der Waals surface area contributed by atoms with Gasteiger partial charge in [0.2, 0.25) is 0 Å². The normalized spacial score (nSPS) is 37.2. The average Bonchev–Trinajstić information content (AvgIpc) is 2.59. The largest absolute Gasteiger partial charge is 0.373 e. The van der Waals surface area contributed by atoms with Gasteiger partial charge in [-0.25, -0.2) is 4.39 Å². The van der Waals surface area contributed by atoms with E-state index in [-0.39, 0.29) is 5.82 Å². The van der Waals surface area contributed by atoms with Gasteiger partial charge in [0.1, 0.15) is 5.82 Å². The zero-order valence-electron chi connectivity index (χ0n) is 9.42. The lowest BCUT2D eigenvalue weighted by Gasteiger charge is -2.12. The molecule has 0 N–H and O–H groups in total. The van der Waals surface area contributed by atoms with Gasteiger partial charge in [-0.1, -0.05) is 19.9 Å². The molecule has 15 heavy (non-hydrogen) atoms. The average molecular weight is 205 g/mol. The first-order valence-corrected chi connectivity index (χ1v) is 5.58. The lowest BCUT2D eigenvalue weighted by Crippen LogP contribution is -2.21. The van der Waals surface area contributed by atoms with Crippen molar-refractivity contribution in [3.63, 3.8) is 0 Å². The molecule has 0 radical (unpaired) electrons. The number of anilines is 1. The fourth-order valence-corrected chi connectivity index (χ4v) is 3.42. The van der Waals surface area contributed by atoms with Crippen molar-refractivity contribution in [1.29, 1.82) is 0 Å². The maximum Gasteiger partial charge on any atom is 0.125 e. The van der Waals surface area contributed by atoms with Crippen molar-refractivity contribution in [2.75, 3.05) is 18.5 Å². The SMILES string of the molecule is CC1C(C)C12CN(C)c1cc(F)ccc12. The minimum Gasteiger partial charge on any atom is -0.373 e. The molecule has 80 valence electrons. The van der Waals surface area contributed by atoms with Gasteiger partial charge in [0.15, 0.2) is 0 Å². The first-order chi connectivity index (χ1) is 7.07. The fourth-order valence-electron chi connectivity index (χ4n) is 3.42. The molecule has 1 aliphatic carbocycles. The first kappa shape index (κ1) is 9.20. The Kier molecular flexibility index (Phi) is 1.56. The number of nitrogens with zero attached hydrogens (tertiary/aromatic N) is 1. The molecule has 0 aromatic heterocycles. The van der Waals surface area contributed by atoms with Gasteiger partial charge in [-0.15, -0.1) is 0 Å². The van der Waals surface area contributed by atoms with E-state index < -0.39 is 0 Å². The van der Waals surface area contributed by atoms with Gasteiger partial charge in [0.05, 0.1) is 0 Å². The molecule has 1 fully saturated rings. The van der Waals surface area contributed by atoms with Crippen LogP contribution < -0.4 is 4.90 Å². The summed E-state index contributed by atoms with van der Waals surface area (Å²) in [5, 5.41) is 0. The molecule has 2 aliphatic rings. The van der Waals surface area contributed by atoms with E-state index in [0.717, 1.165) is 24.1 Å². The molecule has 2 unspecified atom stereocenters. The van der Waals surface area contributed by atoms with Gasteiger partial charge in [-0.2, -0.15) is 0 Å². The highest BCUT2D eigenvalue weighted by molar-refractivity contribution is 5.65. The molecule has 1 saturated carbocycles. The highest BCUT2D eigenvalue weighted by Crippen LogP contribution is 2.64. The predicted octanol–water partition coefficient (Wildman–Crippen LogP) is 2.80. The van der Waals surface area contributed by atoms with Crippen molar-refractivity contribution in [3.8, 4) is 0 Å². The van der Waals surface area contributed by atoms with Crippen molar-refractivity contribution in [3.05, 3.63) is 29.6 Å². The van der Waals surface area contributed by atoms with E-state index in [1.165, 1.54) is 5.56 Å². The zero-order valence-corrected chi connectivity index (χ0v) is 9.42. The van der Waals surface area contributed by atoms with E-state index >= 15 is 0 Å². The Balaban J connectivity index is 2.16. The topological polar surface area (TPSA) is 3.24 Å². The van der Waals surface area contributed by atoms with Crippen LogP contribution in [-0.4, -0.2) is 13.6 Å². The smallest absolute Gasteiger partial charge is 0.125 e. The molecule has 1 heterocycles. The number of likely N-dealkylation sites (N-methyl/N-ethyl adjacent to an activating group) is 1. The third-order valence-electron chi connectivity index (χ3n) is 4.64. The van der Waals surface area contributed by atoms with Crippen molar-refractivity contribution in [2.24, 2.45) is 11.8 Å². The Bertz CT molecular complexity index is 419. The molecule has 0 saturated heterocycles. The molecule has 1 spiro atoms. The molecular weight excluding hydrogens is 189 g/mol. The minimum atomic E-state index is -0.126. The fraction of sp³-hybridized carbons (Fsp3) is 0.538. The van der Waals surface area contributed by atoms with Crippen LogP contribution in [0.5, 0.6) is 0 Å². The van der Waals surface area contributed by atoms with Crippen molar-refractivity contribution < 1.29 is 4.39 Å². The maximum absolute atomic E-state index is 13.2. The second-order valence-corrected chi connectivity index (χ2v) is 5.14. The summed E-state index contributed by atoms with van der Waals surface area (Å²) in [7, 11) is 2.06. The molecule has 0 amide bonds. The maximum atomic E-state index is 13.2. The number of fused-ring (bicyclic) bond motifs is 2. The van der Waals surface area contributed by atoms with Gasteiger partial charge >= 0.3 is 0 Å². The molecule has 1 nitrogen and oxygen atoms in total. The third kappa shape index (κ3) is 0.926. The van der Waals surface area contributed by atoms with Crippen molar-refractivity contribution in [1.82, 2.24) is 0 Å². The van der Waals surface area contributed by atoms with E-state index in [2.05, 4.69) is 25.8 Å². The summed E-state index contributed by atoms with van der Waals surface area (Å²) >= 11 is 0. The monoisotopic (exact) mass is 205 g/mol. The Morgan fingerprint density at radius 1 is 1.33 bits per heavy atom. The van der Waals surface area contributed by atoms with Crippen molar-refractivity contribution in [2.45, 2.75) is 19.3 Å². The summed E-state index contributed by atoms with van der Waals surface area (Å²) < 4.78 is 13.2. The Morgan fingerprint density at radius 3 is 2.60 bits per heavy atom. The lowest BCUT2D eigenvalue weighted by atomic mass is 9.94. The highest BCUT2D eigenvalue weighted by atomic mass is 19.1. The van der Waals surface area contributed by atoms with Crippen LogP contribution in [-0.2, 0) is 5.41 Å². The minimum absolute atomic E-state index is 0.126. The molecule has 3 rings (SSSR count).